The van der Waals surface area contributed by atoms with E-state index in [9.17, 15) is 9.59 Å². The van der Waals surface area contributed by atoms with Crippen molar-refractivity contribution in [3.8, 4) is 0 Å². The van der Waals surface area contributed by atoms with Gasteiger partial charge >= 0.3 is 6.03 Å². The Morgan fingerprint density at radius 2 is 1.75 bits per heavy atom. The summed E-state index contributed by atoms with van der Waals surface area (Å²) in [5.41, 5.74) is 9.80. The molecule has 0 saturated carbocycles. The maximum atomic E-state index is 13.3. The number of nitrogens with one attached hydrogen (secondary N) is 3. The van der Waals surface area contributed by atoms with E-state index in [4.69, 9.17) is 5.73 Å². The van der Waals surface area contributed by atoms with Crippen LogP contribution in [-0.2, 0) is 11.3 Å². The van der Waals surface area contributed by atoms with Gasteiger partial charge in [-0.2, -0.15) is 0 Å². The standard InChI is InChI=1S/C27H39N7O2/c1-18(2)17-34-23(28)22(26(35)33(4)27(34)36)24(31-21-8-6-5-7-9-21)30-16-19-10-12-20(13-11-19)25-29-14-15-32(25)3/h5-13,18,22-25,29-31H,14-17,28H2,1-4H3. The first kappa shape index (κ1) is 26.1. The Hall–Kier alpha value is -2.98. The third-order valence-electron chi connectivity index (χ3n) is 6.96. The molecule has 9 heteroatoms. The zero-order valence-corrected chi connectivity index (χ0v) is 21.6. The molecule has 2 aliphatic heterocycles. The van der Waals surface area contributed by atoms with Crippen LogP contribution in [-0.4, -0.2) is 72.7 Å². The second-order valence-electron chi connectivity index (χ2n) is 10.2. The molecule has 3 amide bonds. The Labute approximate surface area is 214 Å². The molecule has 2 fully saturated rings. The largest absolute Gasteiger partial charge is 0.369 e. The van der Waals surface area contributed by atoms with Crippen LogP contribution in [0.5, 0.6) is 0 Å². The highest BCUT2D eigenvalue weighted by Crippen LogP contribution is 2.25. The Morgan fingerprint density at radius 3 is 2.36 bits per heavy atom. The van der Waals surface area contributed by atoms with Crippen LogP contribution in [0.3, 0.4) is 0 Å². The highest BCUT2D eigenvalue weighted by Gasteiger charge is 2.47. The molecule has 0 aromatic heterocycles. The summed E-state index contributed by atoms with van der Waals surface area (Å²) in [6, 6.07) is 17.9. The Balaban J connectivity index is 1.54. The summed E-state index contributed by atoms with van der Waals surface area (Å²) >= 11 is 0. The number of nitrogens with two attached hydrogens (primary N) is 1. The quantitative estimate of drug-likeness (QED) is 0.397. The summed E-state index contributed by atoms with van der Waals surface area (Å²) in [6.07, 6.45) is -0.997. The first-order valence-corrected chi connectivity index (χ1v) is 12.7. The van der Waals surface area contributed by atoms with E-state index in [0.717, 1.165) is 24.3 Å². The van der Waals surface area contributed by atoms with Crippen molar-refractivity contribution in [1.29, 1.82) is 0 Å². The molecule has 4 atom stereocenters. The molecular weight excluding hydrogens is 454 g/mol. The second-order valence-corrected chi connectivity index (χ2v) is 10.2. The van der Waals surface area contributed by atoms with Crippen LogP contribution in [0.2, 0.25) is 0 Å². The molecule has 0 aliphatic carbocycles. The van der Waals surface area contributed by atoms with E-state index in [1.165, 1.54) is 17.5 Å². The molecule has 194 valence electrons. The number of carbonyl (C=O) groups is 2. The number of likely N-dealkylation sites (N-methyl/N-ethyl adjacent to an activating group) is 1. The summed E-state index contributed by atoms with van der Waals surface area (Å²) in [6.45, 7) is 7.10. The molecule has 4 rings (SSSR count). The highest BCUT2D eigenvalue weighted by molar-refractivity contribution is 5.98. The number of anilines is 1. The minimum atomic E-state index is -0.747. The summed E-state index contributed by atoms with van der Waals surface area (Å²) in [5, 5.41) is 10.5. The minimum absolute atomic E-state index is 0.225. The van der Waals surface area contributed by atoms with Gasteiger partial charge in [-0.25, -0.2) is 4.79 Å². The van der Waals surface area contributed by atoms with Gasteiger partial charge in [0, 0.05) is 38.9 Å². The van der Waals surface area contributed by atoms with Crippen LogP contribution in [0.15, 0.2) is 54.6 Å². The number of nitrogens with zero attached hydrogens (tertiary/aromatic N) is 3. The molecule has 2 heterocycles. The van der Waals surface area contributed by atoms with Gasteiger partial charge in [0.1, 0.15) is 5.92 Å². The lowest BCUT2D eigenvalue weighted by Crippen LogP contribution is -2.69. The minimum Gasteiger partial charge on any atom is -0.369 e. The van der Waals surface area contributed by atoms with Gasteiger partial charge in [0.25, 0.3) is 0 Å². The smallest absolute Gasteiger partial charge is 0.327 e. The van der Waals surface area contributed by atoms with Crippen LogP contribution in [0, 0.1) is 11.8 Å². The maximum Gasteiger partial charge on any atom is 0.327 e. The van der Waals surface area contributed by atoms with Crippen LogP contribution < -0.4 is 21.7 Å². The van der Waals surface area contributed by atoms with E-state index in [-0.39, 0.29) is 24.0 Å². The number of para-hydroxylation sites is 1. The number of amides is 3. The Kier molecular flexibility index (Phi) is 8.25. The third kappa shape index (κ3) is 5.70. The fourth-order valence-electron chi connectivity index (χ4n) is 4.97. The molecule has 5 N–H and O–H groups in total. The third-order valence-corrected chi connectivity index (χ3v) is 6.96. The molecule has 2 aromatic carbocycles. The number of rotatable bonds is 9. The lowest BCUT2D eigenvalue weighted by molar-refractivity contribution is -0.138. The van der Waals surface area contributed by atoms with Crippen molar-refractivity contribution in [2.75, 3.05) is 39.0 Å². The Bertz CT molecular complexity index is 1030. The van der Waals surface area contributed by atoms with E-state index >= 15 is 0 Å². The zero-order chi connectivity index (χ0) is 25.8. The number of urea groups is 1. The average Bonchev–Trinajstić information content (AvgIpc) is 3.30. The summed E-state index contributed by atoms with van der Waals surface area (Å²) in [7, 11) is 3.65. The van der Waals surface area contributed by atoms with Gasteiger partial charge in [0.05, 0.1) is 18.5 Å². The molecule has 0 radical (unpaired) electrons. The zero-order valence-electron chi connectivity index (χ0n) is 21.6. The molecule has 4 unspecified atom stereocenters. The van der Waals surface area contributed by atoms with Crippen LogP contribution in [0.4, 0.5) is 10.5 Å². The fourth-order valence-corrected chi connectivity index (χ4v) is 4.97. The van der Waals surface area contributed by atoms with Crippen molar-refractivity contribution in [2.45, 2.75) is 38.9 Å². The van der Waals surface area contributed by atoms with Gasteiger partial charge in [-0.3, -0.25) is 25.2 Å². The van der Waals surface area contributed by atoms with E-state index in [1.807, 2.05) is 44.2 Å². The molecule has 0 spiro atoms. The molecule has 2 aromatic rings. The molecule has 0 bridgehead atoms. The van der Waals surface area contributed by atoms with E-state index in [0.29, 0.717) is 13.1 Å². The Morgan fingerprint density at radius 1 is 1.06 bits per heavy atom. The SMILES string of the molecule is CC(C)CN1C(=O)N(C)C(=O)C(C(NCc2ccc(C3NCCN3C)cc2)Nc2ccccc2)C1N. The molecular formula is C27H39N7O2. The van der Waals surface area contributed by atoms with Gasteiger partial charge in [-0.15, -0.1) is 0 Å². The highest BCUT2D eigenvalue weighted by atomic mass is 16.2. The van der Waals surface area contributed by atoms with Crippen molar-refractivity contribution >= 4 is 17.6 Å². The predicted molar refractivity (Wildman–Crippen MR) is 142 cm³/mol. The average molecular weight is 494 g/mol. The molecule has 2 aliphatic rings. The van der Waals surface area contributed by atoms with Gasteiger partial charge in [-0.1, -0.05) is 56.3 Å². The maximum absolute atomic E-state index is 13.3. The monoisotopic (exact) mass is 493 g/mol. The van der Waals surface area contributed by atoms with Gasteiger partial charge in [-0.05, 0) is 36.2 Å². The molecule has 36 heavy (non-hydrogen) atoms. The van der Waals surface area contributed by atoms with Crippen LogP contribution >= 0.6 is 0 Å². The number of benzene rings is 2. The first-order chi connectivity index (χ1) is 17.3. The first-order valence-electron chi connectivity index (χ1n) is 12.7. The van der Waals surface area contributed by atoms with Crippen LogP contribution in [0.25, 0.3) is 0 Å². The van der Waals surface area contributed by atoms with Gasteiger partial charge < -0.3 is 16.0 Å². The lowest BCUT2D eigenvalue weighted by Gasteiger charge is -2.45. The lowest BCUT2D eigenvalue weighted by atomic mass is 9.95. The summed E-state index contributed by atoms with van der Waals surface area (Å²) in [5.74, 6) is -0.732. The van der Waals surface area contributed by atoms with Crippen molar-refractivity contribution in [1.82, 2.24) is 25.3 Å². The second kappa shape index (κ2) is 11.4. The van der Waals surface area contributed by atoms with Crippen molar-refractivity contribution in [3.63, 3.8) is 0 Å². The van der Waals surface area contributed by atoms with E-state index < -0.39 is 18.2 Å². The number of hydrogen-bond donors (Lipinski definition) is 4. The number of carbonyl (C=O) groups excluding carboxylic acids is 2. The van der Waals surface area contributed by atoms with E-state index in [2.05, 4.69) is 52.2 Å². The number of imide groups is 1. The molecule has 2 saturated heterocycles. The van der Waals surface area contributed by atoms with Gasteiger partial charge in [0.2, 0.25) is 5.91 Å². The van der Waals surface area contributed by atoms with Crippen molar-refractivity contribution in [2.24, 2.45) is 17.6 Å². The van der Waals surface area contributed by atoms with Gasteiger partial charge in [0.15, 0.2) is 0 Å². The predicted octanol–water partition coefficient (Wildman–Crippen LogP) is 2.20. The number of hydrogen-bond acceptors (Lipinski definition) is 7. The van der Waals surface area contributed by atoms with Crippen LogP contribution in [0.1, 0.15) is 31.1 Å². The van der Waals surface area contributed by atoms with Crippen molar-refractivity contribution in [3.05, 3.63) is 65.7 Å². The fraction of sp³-hybridized carbons (Fsp3) is 0.481. The molecule has 9 nitrogen and oxygen atoms in total. The van der Waals surface area contributed by atoms with Crippen molar-refractivity contribution < 1.29 is 9.59 Å². The normalized spacial score (nSPS) is 24.0. The van der Waals surface area contributed by atoms with E-state index in [1.54, 1.807) is 4.90 Å². The summed E-state index contributed by atoms with van der Waals surface area (Å²) in [4.78, 5) is 31.3. The topological polar surface area (TPSA) is 106 Å². The summed E-state index contributed by atoms with van der Waals surface area (Å²) < 4.78 is 0.